The lowest BCUT2D eigenvalue weighted by molar-refractivity contribution is 0.0653. The van der Waals surface area contributed by atoms with Crippen molar-refractivity contribution in [3.05, 3.63) is 95.7 Å². The first-order valence-electron chi connectivity index (χ1n) is 10.0. The van der Waals surface area contributed by atoms with Crippen LogP contribution in [0.3, 0.4) is 0 Å². The molecule has 0 atom stereocenters. The third kappa shape index (κ3) is 3.39. The summed E-state index contributed by atoms with van der Waals surface area (Å²) in [5, 5.41) is 15.8. The number of anilines is 1. The monoisotopic (exact) mass is 426 g/mol. The van der Waals surface area contributed by atoms with Gasteiger partial charge in [0.2, 0.25) is 0 Å². The van der Waals surface area contributed by atoms with Gasteiger partial charge < -0.3 is 14.4 Å². The van der Waals surface area contributed by atoms with E-state index >= 15 is 0 Å². The average Bonchev–Trinajstić information content (AvgIpc) is 3.38. The van der Waals surface area contributed by atoms with Gasteiger partial charge in [-0.15, -0.1) is 0 Å². The molecule has 1 heterocycles. The Balaban J connectivity index is 1.38. The normalized spacial score (nSPS) is 12.1. The first-order valence-corrected chi connectivity index (χ1v) is 10.0. The maximum absolute atomic E-state index is 12.7. The maximum Gasteiger partial charge on any atom is 0.411 e. The van der Waals surface area contributed by atoms with Crippen molar-refractivity contribution in [2.75, 3.05) is 11.9 Å². The van der Waals surface area contributed by atoms with E-state index in [1.807, 2.05) is 42.5 Å². The Morgan fingerprint density at radius 1 is 0.906 bits per heavy atom. The van der Waals surface area contributed by atoms with Crippen molar-refractivity contribution in [1.82, 2.24) is 5.16 Å². The highest BCUT2D eigenvalue weighted by Gasteiger charge is 2.30. The van der Waals surface area contributed by atoms with E-state index in [1.54, 1.807) is 24.3 Å². The number of carbonyl (C=O) groups excluding carboxylic acids is 1. The van der Waals surface area contributed by atoms with Gasteiger partial charge >= 0.3 is 12.1 Å². The minimum atomic E-state index is -1.34. The van der Waals surface area contributed by atoms with Gasteiger partial charge in [-0.3, -0.25) is 5.32 Å². The summed E-state index contributed by atoms with van der Waals surface area (Å²) >= 11 is 0. The van der Waals surface area contributed by atoms with Gasteiger partial charge in [0.25, 0.3) is 5.76 Å². The molecular formula is C25H18N2O5. The molecular weight excluding hydrogens is 408 g/mol. The van der Waals surface area contributed by atoms with Gasteiger partial charge in [-0.25, -0.2) is 9.59 Å². The van der Waals surface area contributed by atoms with E-state index < -0.39 is 17.8 Å². The summed E-state index contributed by atoms with van der Waals surface area (Å²) in [6.07, 6.45) is -0.783. The van der Waals surface area contributed by atoms with Crippen molar-refractivity contribution in [1.29, 1.82) is 0 Å². The van der Waals surface area contributed by atoms with E-state index in [0.717, 1.165) is 22.3 Å². The quantitative estimate of drug-likeness (QED) is 0.443. The van der Waals surface area contributed by atoms with Crippen LogP contribution in [0.1, 0.15) is 27.6 Å². The Kier molecular flexibility index (Phi) is 4.91. The molecule has 1 aliphatic rings. The summed E-state index contributed by atoms with van der Waals surface area (Å²) in [5.74, 6) is -1.91. The van der Waals surface area contributed by atoms with Gasteiger partial charge in [-0.05, 0) is 22.3 Å². The van der Waals surface area contributed by atoms with Gasteiger partial charge in [0.15, 0.2) is 0 Å². The lowest BCUT2D eigenvalue weighted by Gasteiger charge is -2.14. The molecule has 0 aliphatic heterocycles. The van der Waals surface area contributed by atoms with Crippen molar-refractivity contribution < 1.29 is 24.0 Å². The third-order valence-corrected chi connectivity index (χ3v) is 5.50. The molecule has 0 saturated carbocycles. The third-order valence-electron chi connectivity index (χ3n) is 5.50. The van der Waals surface area contributed by atoms with E-state index in [-0.39, 0.29) is 23.9 Å². The number of hydrogen-bond acceptors (Lipinski definition) is 5. The highest BCUT2D eigenvalue weighted by molar-refractivity contribution is 6.01. The summed E-state index contributed by atoms with van der Waals surface area (Å²) in [5.41, 5.74) is 5.20. The van der Waals surface area contributed by atoms with E-state index in [1.165, 1.54) is 0 Å². The summed E-state index contributed by atoms with van der Waals surface area (Å²) in [7, 11) is 0. The largest absolute Gasteiger partial charge is 0.475 e. The zero-order valence-corrected chi connectivity index (χ0v) is 16.8. The van der Waals surface area contributed by atoms with Gasteiger partial charge in [-0.2, -0.15) is 0 Å². The molecule has 0 radical (unpaired) electrons. The fraction of sp³-hybridized carbons (Fsp3) is 0.0800. The molecule has 0 bridgehead atoms. The van der Waals surface area contributed by atoms with E-state index in [2.05, 4.69) is 22.6 Å². The molecule has 0 saturated heterocycles. The number of carboxylic acid groups (broad SMARTS) is 1. The number of fused-ring (bicyclic) bond motifs is 3. The number of nitrogens with one attached hydrogen (secondary N) is 1. The van der Waals surface area contributed by atoms with E-state index in [4.69, 9.17) is 9.26 Å². The van der Waals surface area contributed by atoms with Crippen molar-refractivity contribution >= 4 is 17.7 Å². The summed E-state index contributed by atoms with van der Waals surface area (Å²) in [6.45, 7) is 0.105. The molecule has 0 spiro atoms. The molecule has 158 valence electrons. The molecule has 1 aliphatic carbocycles. The number of nitrogens with zero attached hydrogens (tertiary/aromatic N) is 1. The number of amides is 1. The van der Waals surface area contributed by atoms with Crippen molar-refractivity contribution in [3.8, 4) is 22.4 Å². The maximum atomic E-state index is 12.7. The lowest BCUT2D eigenvalue weighted by atomic mass is 9.98. The molecule has 1 amide bonds. The molecule has 4 aromatic rings. The molecule has 5 rings (SSSR count). The number of ether oxygens (including phenoxy) is 1. The van der Waals surface area contributed by atoms with Crippen LogP contribution in [0.15, 0.2) is 83.4 Å². The topological polar surface area (TPSA) is 102 Å². The van der Waals surface area contributed by atoms with Crippen LogP contribution >= 0.6 is 0 Å². The fourth-order valence-electron chi connectivity index (χ4n) is 4.08. The molecule has 7 heteroatoms. The minimum absolute atomic E-state index is 0.0408. The van der Waals surface area contributed by atoms with Crippen LogP contribution in [-0.4, -0.2) is 28.9 Å². The molecule has 32 heavy (non-hydrogen) atoms. The number of rotatable bonds is 5. The second kappa shape index (κ2) is 8.03. The van der Waals surface area contributed by atoms with Crippen LogP contribution in [0.5, 0.6) is 0 Å². The predicted molar refractivity (Wildman–Crippen MR) is 118 cm³/mol. The number of benzene rings is 3. The second-order valence-corrected chi connectivity index (χ2v) is 7.36. The summed E-state index contributed by atoms with van der Waals surface area (Å²) in [4.78, 5) is 24.2. The smallest absolute Gasteiger partial charge is 0.411 e. The van der Waals surface area contributed by atoms with Crippen LogP contribution in [0.2, 0.25) is 0 Å². The zero-order valence-electron chi connectivity index (χ0n) is 16.8. The fourth-order valence-corrected chi connectivity index (χ4v) is 4.08. The van der Waals surface area contributed by atoms with Crippen molar-refractivity contribution in [2.45, 2.75) is 5.92 Å². The Bertz CT molecular complexity index is 1270. The average molecular weight is 426 g/mol. The zero-order chi connectivity index (χ0) is 22.1. The van der Waals surface area contributed by atoms with Crippen LogP contribution in [-0.2, 0) is 4.74 Å². The Hall–Kier alpha value is -4.39. The summed E-state index contributed by atoms with van der Waals surface area (Å²) in [6, 6.07) is 24.9. The highest BCUT2D eigenvalue weighted by Crippen LogP contribution is 2.44. The van der Waals surface area contributed by atoms with Crippen LogP contribution in [0.4, 0.5) is 10.5 Å². The number of carbonyl (C=O) groups is 2. The van der Waals surface area contributed by atoms with Crippen LogP contribution < -0.4 is 5.32 Å². The Morgan fingerprint density at radius 3 is 2.12 bits per heavy atom. The number of hydrogen-bond donors (Lipinski definition) is 2. The molecule has 7 nitrogen and oxygen atoms in total. The van der Waals surface area contributed by atoms with Gasteiger partial charge in [0.05, 0.1) is 0 Å². The molecule has 1 aromatic heterocycles. The van der Waals surface area contributed by atoms with Gasteiger partial charge in [-0.1, -0.05) is 84.0 Å². The first kappa shape index (κ1) is 19.6. The number of aromatic nitrogens is 1. The van der Waals surface area contributed by atoms with E-state index in [9.17, 15) is 14.7 Å². The van der Waals surface area contributed by atoms with Crippen molar-refractivity contribution in [3.63, 3.8) is 0 Å². The van der Waals surface area contributed by atoms with Crippen molar-refractivity contribution in [2.24, 2.45) is 0 Å². The highest BCUT2D eigenvalue weighted by atomic mass is 16.5. The van der Waals surface area contributed by atoms with Crippen LogP contribution in [0, 0.1) is 0 Å². The van der Waals surface area contributed by atoms with Gasteiger partial charge in [0, 0.05) is 11.5 Å². The second-order valence-electron chi connectivity index (χ2n) is 7.36. The number of aromatic carboxylic acids is 1. The summed E-state index contributed by atoms with van der Waals surface area (Å²) < 4.78 is 10.5. The molecule has 3 aromatic carbocycles. The Morgan fingerprint density at radius 2 is 1.50 bits per heavy atom. The van der Waals surface area contributed by atoms with Crippen LogP contribution in [0.25, 0.3) is 22.4 Å². The lowest BCUT2D eigenvalue weighted by Crippen LogP contribution is -2.19. The standard InChI is InChI=1S/C25H18N2O5/c28-24(29)23-22(21(27-32-23)15-8-2-1-3-9-15)26-25(30)31-14-20-18-12-6-4-10-16(18)17-11-5-7-13-19(17)20/h1-13,20H,14H2,(H,26,30)(H,28,29). The Labute approximate surface area is 183 Å². The SMILES string of the molecule is O=C(Nc1c(-c2ccccc2)noc1C(=O)O)OCC1c2ccccc2-c2ccccc21. The minimum Gasteiger partial charge on any atom is -0.475 e. The molecule has 0 fully saturated rings. The predicted octanol–water partition coefficient (Wildman–Crippen LogP) is 5.40. The number of carboxylic acids is 1. The molecule has 0 unspecified atom stereocenters. The van der Waals surface area contributed by atoms with Gasteiger partial charge in [0.1, 0.15) is 18.0 Å². The van der Waals surface area contributed by atoms with E-state index in [0.29, 0.717) is 5.56 Å². The molecule has 2 N–H and O–H groups in total. The first-order chi connectivity index (χ1) is 15.6.